The first-order valence-corrected chi connectivity index (χ1v) is 8.69. The highest BCUT2D eigenvalue weighted by atomic mass is 32.1. The Bertz CT molecular complexity index is 840. The molecule has 118 valence electrons. The predicted molar refractivity (Wildman–Crippen MR) is 88.1 cm³/mol. The van der Waals surface area contributed by atoms with E-state index < -0.39 is 0 Å². The Balaban J connectivity index is 1.47. The molecule has 4 rings (SSSR count). The van der Waals surface area contributed by atoms with Gasteiger partial charge in [-0.1, -0.05) is 12.5 Å². The summed E-state index contributed by atoms with van der Waals surface area (Å²) in [7, 11) is 0. The van der Waals surface area contributed by atoms with Crippen molar-refractivity contribution < 1.29 is 4.79 Å². The van der Waals surface area contributed by atoms with E-state index in [1.165, 1.54) is 10.1 Å². The van der Waals surface area contributed by atoms with Crippen LogP contribution in [-0.4, -0.2) is 26.1 Å². The van der Waals surface area contributed by atoms with Gasteiger partial charge >= 0.3 is 0 Å². The lowest BCUT2D eigenvalue weighted by atomic mass is 10.0. The Morgan fingerprint density at radius 1 is 1.35 bits per heavy atom. The van der Waals surface area contributed by atoms with E-state index in [2.05, 4.69) is 50.5 Å². The van der Waals surface area contributed by atoms with Crippen LogP contribution in [0.25, 0.3) is 10.1 Å². The number of nitrogens with zero attached hydrogens (tertiary/aromatic N) is 4. The molecule has 6 nitrogen and oxygen atoms in total. The third kappa shape index (κ3) is 2.84. The molecule has 0 fully saturated rings. The summed E-state index contributed by atoms with van der Waals surface area (Å²) in [4.78, 5) is 12.6. The monoisotopic (exact) mass is 327 g/mol. The molecule has 0 unspecified atom stereocenters. The van der Waals surface area contributed by atoms with E-state index in [1.807, 2.05) is 0 Å². The summed E-state index contributed by atoms with van der Waals surface area (Å²) >= 11 is 1.73. The zero-order valence-electron chi connectivity index (χ0n) is 12.6. The highest BCUT2D eigenvalue weighted by Crippen LogP contribution is 2.25. The van der Waals surface area contributed by atoms with E-state index in [9.17, 15) is 4.79 Å². The largest absolute Gasteiger partial charge is 0.351 e. The quantitative estimate of drug-likeness (QED) is 0.802. The van der Waals surface area contributed by atoms with Crippen LogP contribution in [0.3, 0.4) is 0 Å². The maximum atomic E-state index is 12.6. The minimum Gasteiger partial charge on any atom is -0.351 e. The summed E-state index contributed by atoms with van der Waals surface area (Å²) in [6, 6.07) is 8.40. The molecule has 0 bridgehead atoms. The number of tetrazole rings is 1. The van der Waals surface area contributed by atoms with E-state index >= 15 is 0 Å². The second-order valence-electron chi connectivity index (χ2n) is 5.82. The van der Waals surface area contributed by atoms with Crippen LogP contribution in [0, 0.1) is 0 Å². The molecule has 0 spiro atoms. The topological polar surface area (TPSA) is 72.7 Å². The number of benzene rings is 1. The van der Waals surface area contributed by atoms with Gasteiger partial charge in [-0.3, -0.25) is 4.79 Å². The van der Waals surface area contributed by atoms with Gasteiger partial charge in [-0.25, -0.2) is 4.68 Å². The molecule has 2 aromatic heterocycles. The van der Waals surface area contributed by atoms with E-state index in [4.69, 9.17) is 0 Å². The van der Waals surface area contributed by atoms with Crippen LogP contribution in [0.4, 0.5) is 0 Å². The van der Waals surface area contributed by atoms with Gasteiger partial charge in [0.1, 0.15) is 0 Å². The van der Waals surface area contributed by atoms with Crippen molar-refractivity contribution in [2.45, 2.75) is 38.3 Å². The molecule has 0 saturated carbocycles. The summed E-state index contributed by atoms with van der Waals surface area (Å²) in [6.07, 6.45) is 2.82. The molecule has 1 N–H and O–H groups in total. The minimum absolute atomic E-state index is 0.00775. The van der Waals surface area contributed by atoms with Gasteiger partial charge in [0.2, 0.25) is 5.91 Å². The molecule has 1 aliphatic rings. The first-order chi connectivity index (χ1) is 11.3. The average molecular weight is 327 g/mol. The molecule has 7 heteroatoms. The molecule has 3 heterocycles. The maximum absolute atomic E-state index is 12.6. The third-order valence-electron chi connectivity index (χ3n) is 4.28. The number of carbonyl (C=O) groups is 1. The van der Waals surface area contributed by atoms with Crippen LogP contribution in [0.15, 0.2) is 29.6 Å². The number of aromatic nitrogens is 4. The van der Waals surface area contributed by atoms with Crippen molar-refractivity contribution in [1.29, 1.82) is 0 Å². The summed E-state index contributed by atoms with van der Waals surface area (Å²) in [5, 5.41) is 18.1. The summed E-state index contributed by atoms with van der Waals surface area (Å²) in [5.74, 6) is 0.444. The SMILES string of the molecule is O=C(NCc1ccc2sccc2c1)[C@@H]1CCCCn2nnnc21. The van der Waals surface area contributed by atoms with Crippen LogP contribution in [0.2, 0.25) is 0 Å². The van der Waals surface area contributed by atoms with Gasteiger partial charge in [0.25, 0.3) is 0 Å². The number of carbonyl (C=O) groups excluding carboxylic acids is 1. The molecular formula is C16H17N5OS. The number of fused-ring (bicyclic) bond motifs is 2. The normalized spacial score (nSPS) is 17.7. The van der Waals surface area contributed by atoms with Crippen molar-refractivity contribution in [3.05, 3.63) is 41.0 Å². The highest BCUT2D eigenvalue weighted by molar-refractivity contribution is 7.17. The zero-order chi connectivity index (χ0) is 15.6. The molecule has 1 aromatic carbocycles. The molecule has 1 amide bonds. The smallest absolute Gasteiger partial charge is 0.231 e. The Morgan fingerprint density at radius 2 is 2.30 bits per heavy atom. The van der Waals surface area contributed by atoms with Gasteiger partial charge < -0.3 is 5.32 Å². The summed E-state index contributed by atoms with van der Waals surface area (Å²) in [5.41, 5.74) is 1.11. The Morgan fingerprint density at radius 3 is 3.26 bits per heavy atom. The first-order valence-electron chi connectivity index (χ1n) is 7.81. The molecule has 0 aliphatic carbocycles. The lowest BCUT2D eigenvalue weighted by Gasteiger charge is -2.13. The standard InChI is InChI=1S/C16H17N5OS/c22-16(13-3-1-2-7-21-15(13)18-19-20-21)17-10-11-4-5-14-12(9-11)6-8-23-14/h4-6,8-9,13H,1-3,7,10H2,(H,17,22)/t13-/m1/s1. The van der Waals surface area contributed by atoms with Gasteiger partial charge in [0.15, 0.2) is 5.82 Å². The molecule has 1 aliphatic heterocycles. The van der Waals surface area contributed by atoms with E-state index in [0.29, 0.717) is 12.4 Å². The number of rotatable bonds is 3. The van der Waals surface area contributed by atoms with E-state index in [-0.39, 0.29) is 11.8 Å². The van der Waals surface area contributed by atoms with Gasteiger partial charge in [-0.2, -0.15) is 0 Å². The molecular weight excluding hydrogens is 310 g/mol. The number of aryl methyl sites for hydroxylation is 1. The number of thiophene rings is 1. The first kappa shape index (κ1) is 14.3. The van der Waals surface area contributed by atoms with Crippen molar-refractivity contribution in [1.82, 2.24) is 25.5 Å². The lowest BCUT2D eigenvalue weighted by Crippen LogP contribution is -2.30. The maximum Gasteiger partial charge on any atom is 0.231 e. The second kappa shape index (κ2) is 6.08. The fourth-order valence-corrected chi connectivity index (χ4v) is 3.82. The van der Waals surface area contributed by atoms with Gasteiger partial charge in [-0.05, 0) is 57.8 Å². The Kier molecular flexibility index (Phi) is 3.78. The summed E-state index contributed by atoms with van der Waals surface area (Å²) < 4.78 is 3.03. The summed E-state index contributed by atoms with van der Waals surface area (Å²) in [6.45, 7) is 1.32. The Labute approximate surface area is 137 Å². The molecule has 0 saturated heterocycles. The average Bonchev–Trinajstić information content (AvgIpc) is 3.17. The molecule has 23 heavy (non-hydrogen) atoms. The second-order valence-corrected chi connectivity index (χ2v) is 6.77. The van der Waals surface area contributed by atoms with Gasteiger partial charge in [-0.15, -0.1) is 16.4 Å². The minimum atomic E-state index is -0.252. The van der Waals surface area contributed by atoms with E-state index in [0.717, 1.165) is 31.4 Å². The third-order valence-corrected chi connectivity index (χ3v) is 5.18. The fraction of sp³-hybridized carbons (Fsp3) is 0.375. The number of hydrogen-bond acceptors (Lipinski definition) is 5. The van der Waals surface area contributed by atoms with Crippen LogP contribution < -0.4 is 5.32 Å². The van der Waals surface area contributed by atoms with Crippen molar-refractivity contribution in [2.24, 2.45) is 0 Å². The molecule has 1 atom stereocenters. The highest BCUT2D eigenvalue weighted by Gasteiger charge is 2.28. The van der Waals surface area contributed by atoms with Gasteiger partial charge in [0, 0.05) is 17.8 Å². The van der Waals surface area contributed by atoms with Crippen molar-refractivity contribution in [3.8, 4) is 0 Å². The van der Waals surface area contributed by atoms with Crippen molar-refractivity contribution in [2.75, 3.05) is 0 Å². The van der Waals surface area contributed by atoms with Crippen LogP contribution in [0.5, 0.6) is 0 Å². The molecule has 3 aromatic rings. The molecule has 0 radical (unpaired) electrons. The van der Waals surface area contributed by atoms with Crippen LogP contribution in [-0.2, 0) is 17.9 Å². The van der Waals surface area contributed by atoms with Crippen LogP contribution in [0.1, 0.15) is 36.6 Å². The van der Waals surface area contributed by atoms with Crippen LogP contribution >= 0.6 is 11.3 Å². The van der Waals surface area contributed by atoms with Crippen molar-refractivity contribution in [3.63, 3.8) is 0 Å². The Hall–Kier alpha value is -2.28. The zero-order valence-corrected chi connectivity index (χ0v) is 13.4. The number of hydrogen-bond donors (Lipinski definition) is 1. The number of amides is 1. The number of nitrogens with one attached hydrogen (secondary N) is 1. The van der Waals surface area contributed by atoms with E-state index in [1.54, 1.807) is 16.0 Å². The predicted octanol–water partition coefficient (Wildman–Crippen LogP) is 2.47. The lowest BCUT2D eigenvalue weighted by molar-refractivity contribution is -0.123. The van der Waals surface area contributed by atoms with Crippen molar-refractivity contribution >= 4 is 27.3 Å². The fourth-order valence-electron chi connectivity index (χ4n) is 3.05. The van der Waals surface area contributed by atoms with Gasteiger partial charge in [0.05, 0.1) is 5.92 Å².